The van der Waals surface area contributed by atoms with Gasteiger partial charge in [0, 0.05) is 18.5 Å². The Labute approximate surface area is 151 Å². The van der Waals surface area contributed by atoms with Crippen LogP contribution in [0.15, 0.2) is 29.4 Å². The summed E-state index contributed by atoms with van der Waals surface area (Å²) in [6.07, 6.45) is 2.22. The zero-order chi connectivity index (χ0) is 17.6. The van der Waals surface area contributed by atoms with Gasteiger partial charge in [-0.3, -0.25) is 9.20 Å². The maximum atomic E-state index is 12.6. The minimum absolute atomic E-state index is 0.161. The second kappa shape index (κ2) is 6.33. The topological polar surface area (TPSA) is 50.5 Å². The molecule has 0 radical (unpaired) electrons. The van der Waals surface area contributed by atoms with E-state index < -0.39 is 0 Å². The molecule has 0 aliphatic carbocycles. The van der Waals surface area contributed by atoms with Gasteiger partial charge in [-0.2, -0.15) is 0 Å². The molecular weight excluding hydrogens is 332 g/mol. The molecule has 4 rings (SSSR count). The van der Waals surface area contributed by atoms with E-state index in [4.69, 9.17) is 0 Å². The van der Waals surface area contributed by atoms with Crippen LogP contribution in [0, 0.1) is 13.8 Å². The summed E-state index contributed by atoms with van der Waals surface area (Å²) >= 11 is 1.50. The van der Waals surface area contributed by atoms with Crippen molar-refractivity contribution in [3.63, 3.8) is 0 Å². The van der Waals surface area contributed by atoms with E-state index in [1.54, 1.807) is 0 Å². The van der Waals surface area contributed by atoms with Crippen LogP contribution in [0.1, 0.15) is 30.9 Å². The van der Waals surface area contributed by atoms with Gasteiger partial charge in [0.15, 0.2) is 10.8 Å². The van der Waals surface area contributed by atoms with Crippen LogP contribution < -0.4 is 0 Å². The molecule has 3 heterocycles. The molecular formula is C19H22N4OS. The summed E-state index contributed by atoms with van der Waals surface area (Å²) in [7, 11) is 0. The number of hydrogen-bond acceptors (Lipinski definition) is 4. The number of rotatable bonds is 3. The smallest absolute Gasteiger partial charge is 0.235 e. The van der Waals surface area contributed by atoms with E-state index in [2.05, 4.69) is 52.7 Å². The molecule has 1 saturated heterocycles. The van der Waals surface area contributed by atoms with Crippen LogP contribution >= 0.6 is 11.8 Å². The molecule has 0 bridgehead atoms. The Balaban J connectivity index is 1.76. The summed E-state index contributed by atoms with van der Waals surface area (Å²) in [6.45, 7) is 7.93. The Hall–Kier alpha value is -2.08. The summed E-state index contributed by atoms with van der Waals surface area (Å²) in [6, 6.07) is 8.37. The van der Waals surface area contributed by atoms with Gasteiger partial charge < -0.3 is 4.90 Å². The highest BCUT2D eigenvalue weighted by molar-refractivity contribution is 8.00. The standard InChI is InChI=1S/C19H22N4OS/c1-12-7-6-8-15-13(2)11-16-20-21-19(23(16)17(12)15)25-14(3)18(24)22-9-4-5-10-22/h6-8,11,14H,4-5,9-10H2,1-3H3. The van der Waals surface area contributed by atoms with Gasteiger partial charge in [0.2, 0.25) is 5.91 Å². The van der Waals surface area contributed by atoms with E-state index in [1.807, 2.05) is 11.8 Å². The molecule has 2 aromatic heterocycles. The molecule has 1 aliphatic rings. The predicted molar refractivity (Wildman–Crippen MR) is 101 cm³/mol. The molecule has 1 aromatic carbocycles. The SMILES string of the molecule is Cc1cc2nnc(SC(C)C(=O)N3CCCC3)n2c2c(C)cccc12. The Bertz CT molecular complexity index is 959. The zero-order valence-corrected chi connectivity index (χ0v) is 15.6. The highest BCUT2D eigenvalue weighted by Crippen LogP contribution is 2.30. The van der Waals surface area contributed by atoms with Crippen molar-refractivity contribution in [3.05, 3.63) is 35.4 Å². The number of amides is 1. The van der Waals surface area contributed by atoms with Crippen LogP contribution in [0.3, 0.4) is 0 Å². The first-order valence-corrected chi connectivity index (χ1v) is 9.64. The van der Waals surface area contributed by atoms with Crippen molar-refractivity contribution in [3.8, 4) is 0 Å². The van der Waals surface area contributed by atoms with Gasteiger partial charge in [-0.15, -0.1) is 10.2 Å². The van der Waals surface area contributed by atoms with Crippen molar-refractivity contribution >= 4 is 34.2 Å². The zero-order valence-electron chi connectivity index (χ0n) is 14.8. The number of fused-ring (bicyclic) bond motifs is 3. The highest BCUT2D eigenvalue weighted by Gasteiger charge is 2.26. The van der Waals surface area contributed by atoms with Crippen LogP contribution in [-0.4, -0.2) is 43.7 Å². The third-order valence-electron chi connectivity index (χ3n) is 4.94. The van der Waals surface area contributed by atoms with Gasteiger partial charge in [-0.05, 0) is 50.8 Å². The van der Waals surface area contributed by atoms with Crippen LogP contribution in [-0.2, 0) is 4.79 Å². The number of likely N-dealkylation sites (tertiary alicyclic amines) is 1. The predicted octanol–water partition coefficient (Wildman–Crippen LogP) is 3.60. The molecule has 0 spiro atoms. The minimum Gasteiger partial charge on any atom is -0.342 e. The first-order chi connectivity index (χ1) is 12.1. The van der Waals surface area contributed by atoms with Crippen molar-refractivity contribution in [2.75, 3.05) is 13.1 Å². The number of benzene rings is 1. The van der Waals surface area contributed by atoms with Gasteiger partial charge >= 0.3 is 0 Å². The minimum atomic E-state index is -0.161. The van der Waals surface area contributed by atoms with Gasteiger partial charge in [-0.1, -0.05) is 30.0 Å². The monoisotopic (exact) mass is 354 g/mol. The van der Waals surface area contributed by atoms with E-state index in [1.165, 1.54) is 28.3 Å². The van der Waals surface area contributed by atoms with Crippen molar-refractivity contribution in [1.29, 1.82) is 0 Å². The molecule has 25 heavy (non-hydrogen) atoms. The lowest BCUT2D eigenvalue weighted by Crippen LogP contribution is -2.34. The van der Waals surface area contributed by atoms with E-state index in [0.29, 0.717) is 0 Å². The van der Waals surface area contributed by atoms with Gasteiger partial charge in [-0.25, -0.2) is 0 Å². The summed E-state index contributed by atoms with van der Waals surface area (Å²) in [5, 5.41) is 10.6. The Morgan fingerprint density at radius 1 is 1.16 bits per heavy atom. The molecule has 0 saturated carbocycles. The van der Waals surface area contributed by atoms with Crippen LogP contribution in [0.4, 0.5) is 0 Å². The fourth-order valence-electron chi connectivity index (χ4n) is 3.61. The number of aryl methyl sites for hydroxylation is 2. The first kappa shape index (κ1) is 16.4. The lowest BCUT2D eigenvalue weighted by molar-refractivity contribution is -0.129. The molecule has 5 nitrogen and oxygen atoms in total. The number of hydrogen-bond donors (Lipinski definition) is 0. The number of pyridine rings is 1. The average Bonchev–Trinajstić information content (AvgIpc) is 3.25. The lowest BCUT2D eigenvalue weighted by atomic mass is 10.1. The third kappa shape index (κ3) is 2.78. The first-order valence-electron chi connectivity index (χ1n) is 8.76. The van der Waals surface area contributed by atoms with Gasteiger partial charge in [0.1, 0.15) is 0 Å². The number of carbonyl (C=O) groups is 1. The quantitative estimate of drug-likeness (QED) is 0.674. The summed E-state index contributed by atoms with van der Waals surface area (Å²) in [5.74, 6) is 0.201. The number of nitrogens with zero attached hydrogens (tertiary/aromatic N) is 4. The number of carbonyl (C=O) groups excluding carboxylic acids is 1. The van der Waals surface area contributed by atoms with E-state index in [9.17, 15) is 4.79 Å². The molecule has 6 heteroatoms. The summed E-state index contributed by atoms with van der Waals surface area (Å²) in [5.41, 5.74) is 4.34. The molecule has 1 atom stereocenters. The fraction of sp³-hybridized carbons (Fsp3) is 0.421. The molecule has 1 amide bonds. The fourth-order valence-corrected chi connectivity index (χ4v) is 4.55. The highest BCUT2D eigenvalue weighted by atomic mass is 32.2. The molecule has 1 unspecified atom stereocenters. The molecule has 1 fully saturated rings. The number of para-hydroxylation sites is 1. The van der Waals surface area contributed by atoms with E-state index >= 15 is 0 Å². The van der Waals surface area contributed by atoms with Crippen molar-refractivity contribution < 1.29 is 4.79 Å². The third-order valence-corrected chi connectivity index (χ3v) is 5.97. The number of aromatic nitrogens is 3. The molecule has 0 N–H and O–H groups in total. The van der Waals surface area contributed by atoms with Gasteiger partial charge in [0.25, 0.3) is 0 Å². The molecule has 1 aliphatic heterocycles. The van der Waals surface area contributed by atoms with Crippen LogP contribution in [0.25, 0.3) is 16.6 Å². The van der Waals surface area contributed by atoms with Crippen LogP contribution in [0.5, 0.6) is 0 Å². The maximum absolute atomic E-state index is 12.6. The van der Waals surface area contributed by atoms with Crippen molar-refractivity contribution in [1.82, 2.24) is 19.5 Å². The van der Waals surface area contributed by atoms with Crippen molar-refractivity contribution in [2.45, 2.75) is 44.0 Å². The summed E-state index contributed by atoms with van der Waals surface area (Å²) in [4.78, 5) is 14.6. The second-order valence-corrected chi connectivity index (χ2v) is 8.08. The lowest BCUT2D eigenvalue weighted by Gasteiger charge is -2.19. The Morgan fingerprint density at radius 3 is 2.68 bits per heavy atom. The molecule has 130 valence electrons. The van der Waals surface area contributed by atoms with E-state index in [0.717, 1.165) is 42.3 Å². The van der Waals surface area contributed by atoms with E-state index in [-0.39, 0.29) is 11.2 Å². The Kier molecular flexibility index (Phi) is 4.15. The summed E-state index contributed by atoms with van der Waals surface area (Å²) < 4.78 is 2.09. The van der Waals surface area contributed by atoms with Gasteiger partial charge in [0.05, 0.1) is 10.8 Å². The maximum Gasteiger partial charge on any atom is 0.235 e. The Morgan fingerprint density at radius 2 is 1.92 bits per heavy atom. The largest absolute Gasteiger partial charge is 0.342 e. The molecule has 3 aromatic rings. The van der Waals surface area contributed by atoms with Crippen LogP contribution in [0.2, 0.25) is 0 Å². The second-order valence-electron chi connectivity index (χ2n) is 6.77. The number of thioether (sulfide) groups is 1. The van der Waals surface area contributed by atoms with Crippen molar-refractivity contribution in [2.24, 2.45) is 0 Å². The normalized spacial score (nSPS) is 16.0. The average molecular weight is 354 g/mol.